The van der Waals surface area contributed by atoms with Gasteiger partial charge in [-0.1, -0.05) is 6.92 Å². The molecule has 0 amide bonds. The number of nitrogens with one attached hydrogen (secondary N) is 1. The van der Waals surface area contributed by atoms with Gasteiger partial charge in [0.05, 0.1) is 9.37 Å². The highest BCUT2D eigenvalue weighted by atomic mass is 79.9. The molecule has 0 heterocycles. The molecule has 15 heavy (non-hydrogen) atoms. The van der Waals surface area contributed by atoms with E-state index in [0.717, 1.165) is 6.07 Å². The number of hydrogen-bond acceptors (Lipinski definition) is 2. The summed E-state index contributed by atoms with van der Waals surface area (Å²) in [5.41, 5.74) is 0.504. The van der Waals surface area contributed by atoms with Crippen molar-refractivity contribution in [2.45, 2.75) is 18.7 Å². The third-order valence-corrected chi connectivity index (χ3v) is 4.14. The number of hydrogen-bond donors (Lipinski definition) is 1. The van der Waals surface area contributed by atoms with Gasteiger partial charge < -0.3 is 0 Å². The van der Waals surface area contributed by atoms with E-state index in [1.54, 1.807) is 13.8 Å². The molecule has 6 heteroatoms. The first-order valence-electron chi connectivity index (χ1n) is 4.33. The summed E-state index contributed by atoms with van der Waals surface area (Å²) in [6, 6.07) is 2.46. The smallest absolute Gasteiger partial charge is 0.211 e. The zero-order valence-electron chi connectivity index (χ0n) is 8.34. The summed E-state index contributed by atoms with van der Waals surface area (Å²) in [4.78, 5) is -0.0231. The van der Waals surface area contributed by atoms with E-state index < -0.39 is 15.8 Å². The van der Waals surface area contributed by atoms with Crippen molar-refractivity contribution in [2.75, 3.05) is 6.54 Å². The van der Waals surface area contributed by atoms with E-state index in [9.17, 15) is 12.8 Å². The Morgan fingerprint density at radius 2 is 2.07 bits per heavy atom. The van der Waals surface area contributed by atoms with Crippen molar-refractivity contribution >= 4 is 26.0 Å². The van der Waals surface area contributed by atoms with Gasteiger partial charge in [0.25, 0.3) is 0 Å². The van der Waals surface area contributed by atoms with Crippen molar-refractivity contribution in [3.05, 3.63) is 28.0 Å². The maximum absolute atomic E-state index is 13.2. The molecule has 1 rings (SSSR count). The van der Waals surface area contributed by atoms with E-state index in [1.165, 1.54) is 6.07 Å². The van der Waals surface area contributed by atoms with Crippen LogP contribution < -0.4 is 4.72 Å². The highest BCUT2D eigenvalue weighted by Crippen LogP contribution is 2.23. The van der Waals surface area contributed by atoms with E-state index in [4.69, 9.17) is 0 Å². The lowest BCUT2D eigenvalue weighted by Gasteiger charge is -2.08. The molecule has 0 aliphatic heterocycles. The van der Waals surface area contributed by atoms with Gasteiger partial charge in [0.2, 0.25) is 10.0 Å². The molecule has 1 aromatic carbocycles. The Morgan fingerprint density at radius 3 is 2.60 bits per heavy atom. The lowest BCUT2D eigenvalue weighted by molar-refractivity contribution is 0.578. The van der Waals surface area contributed by atoms with Crippen LogP contribution in [-0.2, 0) is 10.0 Å². The van der Waals surface area contributed by atoms with E-state index in [-0.39, 0.29) is 15.9 Å². The van der Waals surface area contributed by atoms with Crippen LogP contribution >= 0.6 is 15.9 Å². The Morgan fingerprint density at radius 1 is 1.47 bits per heavy atom. The summed E-state index contributed by atoms with van der Waals surface area (Å²) in [6.07, 6.45) is 0. The molecule has 0 aliphatic carbocycles. The van der Waals surface area contributed by atoms with Crippen molar-refractivity contribution in [2.24, 2.45) is 0 Å². The fourth-order valence-corrected chi connectivity index (χ4v) is 2.92. The van der Waals surface area contributed by atoms with E-state index in [0.29, 0.717) is 5.56 Å². The second kappa shape index (κ2) is 4.59. The van der Waals surface area contributed by atoms with Gasteiger partial charge in [0.15, 0.2) is 0 Å². The standard InChI is InChI=1S/C9H11BrFNO2S/c1-3-12-15(13,14)9-5-8(11)7(10)4-6(9)2/h4-5,12H,3H2,1-2H3. The largest absolute Gasteiger partial charge is 0.240 e. The van der Waals surface area contributed by atoms with Gasteiger partial charge in [-0.25, -0.2) is 17.5 Å². The number of halogens is 2. The summed E-state index contributed by atoms with van der Waals surface area (Å²) in [5.74, 6) is -0.586. The van der Waals surface area contributed by atoms with E-state index in [1.807, 2.05) is 0 Å². The Hall–Kier alpha value is -0.460. The first kappa shape index (κ1) is 12.6. The van der Waals surface area contributed by atoms with Gasteiger partial charge in [-0.3, -0.25) is 0 Å². The molecule has 0 spiro atoms. The highest BCUT2D eigenvalue weighted by molar-refractivity contribution is 9.10. The maximum atomic E-state index is 13.2. The van der Waals surface area contributed by atoms with Crippen LogP contribution in [0.5, 0.6) is 0 Å². The predicted molar refractivity (Wildman–Crippen MR) is 59.7 cm³/mol. The second-order valence-corrected chi connectivity index (χ2v) is 5.62. The normalized spacial score (nSPS) is 11.7. The van der Waals surface area contributed by atoms with Gasteiger partial charge in [-0.2, -0.15) is 0 Å². The monoisotopic (exact) mass is 295 g/mol. The maximum Gasteiger partial charge on any atom is 0.240 e. The quantitative estimate of drug-likeness (QED) is 0.929. The van der Waals surface area contributed by atoms with E-state index in [2.05, 4.69) is 20.7 Å². The molecule has 0 saturated heterocycles. The minimum atomic E-state index is -3.59. The first-order chi connectivity index (χ1) is 6.88. The summed E-state index contributed by atoms with van der Waals surface area (Å²) < 4.78 is 39.0. The Kier molecular flexibility index (Phi) is 3.86. The molecule has 0 fully saturated rings. The fourth-order valence-electron chi connectivity index (χ4n) is 1.19. The lowest BCUT2D eigenvalue weighted by atomic mass is 10.2. The Bertz CT molecular complexity index is 473. The molecule has 0 aromatic heterocycles. The fraction of sp³-hybridized carbons (Fsp3) is 0.333. The summed E-state index contributed by atoms with van der Waals surface area (Å²) in [5, 5.41) is 0. The average Bonchev–Trinajstić information content (AvgIpc) is 2.11. The molecule has 0 bridgehead atoms. The molecular formula is C9H11BrFNO2S. The van der Waals surface area contributed by atoms with Crippen LogP contribution in [0.25, 0.3) is 0 Å². The number of benzene rings is 1. The minimum Gasteiger partial charge on any atom is -0.211 e. The third-order valence-electron chi connectivity index (χ3n) is 1.84. The van der Waals surface area contributed by atoms with Crippen molar-refractivity contribution in [1.29, 1.82) is 0 Å². The van der Waals surface area contributed by atoms with E-state index >= 15 is 0 Å². The van der Waals surface area contributed by atoms with Crippen LogP contribution in [0.4, 0.5) is 4.39 Å². The molecule has 3 nitrogen and oxygen atoms in total. The topological polar surface area (TPSA) is 46.2 Å². The first-order valence-corrected chi connectivity index (χ1v) is 6.61. The lowest BCUT2D eigenvalue weighted by Crippen LogP contribution is -2.24. The van der Waals surface area contributed by atoms with Crippen molar-refractivity contribution < 1.29 is 12.8 Å². The van der Waals surface area contributed by atoms with Crippen molar-refractivity contribution in [3.8, 4) is 0 Å². The van der Waals surface area contributed by atoms with Crippen LogP contribution in [0, 0.1) is 12.7 Å². The van der Waals surface area contributed by atoms with Gasteiger partial charge >= 0.3 is 0 Å². The van der Waals surface area contributed by atoms with Crippen molar-refractivity contribution in [1.82, 2.24) is 4.72 Å². The van der Waals surface area contributed by atoms with Gasteiger partial charge in [0, 0.05) is 6.54 Å². The zero-order valence-corrected chi connectivity index (χ0v) is 10.7. The zero-order chi connectivity index (χ0) is 11.6. The molecule has 84 valence electrons. The predicted octanol–water partition coefficient (Wildman–Crippen LogP) is 2.19. The van der Waals surface area contributed by atoms with Crippen LogP contribution in [0.3, 0.4) is 0 Å². The van der Waals surface area contributed by atoms with Gasteiger partial charge in [-0.05, 0) is 40.5 Å². The number of sulfonamides is 1. The van der Waals surface area contributed by atoms with Crippen LogP contribution in [0.15, 0.2) is 21.5 Å². The molecule has 0 atom stereocenters. The Balaban J connectivity index is 3.33. The highest BCUT2D eigenvalue weighted by Gasteiger charge is 2.17. The summed E-state index contributed by atoms with van der Waals surface area (Å²) in [7, 11) is -3.59. The number of rotatable bonds is 3. The molecule has 0 unspecified atom stereocenters. The van der Waals surface area contributed by atoms with Crippen LogP contribution in [0.1, 0.15) is 12.5 Å². The summed E-state index contributed by atoms with van der Waals surface area (Å²) >= 11 is 3.00. The minimum absolute atomic E-state index is 0.0231. The molecule has 0 saturated carbocycles. The van der Waals surface area contributed by atoms with Crippen LogP contribution in [0.2, 0.25) is 0 Å². The molecule has 0 radical (unpaired) electrons. The van der Waals surface area contributed by atoms with Crippen molar-refractivity contribution in [3.63, 3.8) is 0 Å². The molecular weight excluding hydrogens is 285 g/mol. The van der Waals surface area contributed by atoms with Gasteiger partial charge in [-0.15, -0.1) is 0 Å². The van der Waals surface area contributed by atoms with Gasteiger partial charge in [0.1, 0.15) is 5.82 Å². The Labute approximate surface area is 96.9 Å². The third kappa shape index (κ3) is 2.76. The average molecular weight is 296 g/mol. The second-order valence-electron chi connectivity index (χ2n) is 3.03. The molecule has 0 aliphatic rings. The molecule has 1 aromatic rings. The molecule has 1 N–H and O–H groups in total. The SMILES string of the molecule is CCNS(=O)(=O)c1cc(F)c(Br)cc1C. The summed E-state index contributed by atoms with van der Waals surface area (Å²) in [6.45, 7) is 3.57. The van der Waals surface area contributed by atoms with Crippen LogP contribution in [-0.4, -0.2) is 15.0 Å². The number of aryl methyl sites for hydroxylation is 1.